The molecule has 1 aliphatic heterocycles. The quantitative estimate of drug-likeness (QED) is 0.289. The number of nitrogens with zero attached hydrogens (tertiary/aromatic N) is 5. The molecule has 1 fully saturated rings. The van der Waals surface area contributed by atoms with E-state index in [0.29, 0.717) is 29.6 Å². The Bertz CT molecular complexity index is 1880. The first kappa shape index (κ1) is 27.7. The number of sulfone groups is 1. The van der Waals surface area contributed by atoms with E-state index in [1.165, 1.54) is 0 Å². The second kappa shape index (κ2) is 10.1. The molecule has 1 atom stereocenters. The molecule has 5 aromatic rings. The van der Waals surface area contributed by atoms with Crippen LogP contribution in [-0.4, -0.2) is 76.0 Å². The van der Waals surface area contributed by atoms with Crippen LogP contribution < -0.4 is 0 Å². The van der Waals surface area contributed by atoms with Crippen molar-refractivity contribution in [2.24, 2.45) is 13.0 Å². The summed E-state index contributed by atoms with van der Waals surface area (Å²) in [5.41, 5.74) is 5.25. The van der Waals surface area contributed by atoms with Gasteiger partial charge in [-0.15, -0.1) is 5.10 Å². The Morgan fingerprint density at radius 3 is 2.44 bits per heavy atom. The van der Waals surface area contributed by atoms with Crippen LogP contribution >= 0.6 is 0 Å². The number of fused-ring (bicyclic) bond motifs is 3. The lowest BCUT2D eigenvalue weighted by atomic mass is 9.41. The van der Waals surface area contributed by atoms with E-state index >= 15 is 4.39 Å². The molecular formula is C28H31B3FN5O3S. The summed E-state index contributed by atoms with van der Waals surface area (Å²) in [6, 6.07) is 14.6. The first-order chi connectivity index (χ1) is 19.4. The van der Waals surface area contributed by atoms with Gasteiger partial charge < -0.3 is 9.30 Å². The number of hydrogen-bond donors (Lipinski definition) is 0. The molecule has 3 aromatic heterocycles. The summed E-state index contributed by atoms with van der Waals surface area (Å²) in [6.07, 6.45) is 4.48. The Hall–Kier alpha value is -3.44. The van der Waals surface area contributed by atoms with Crippen molar-refractivity contribution in [3.05, 3.63) is 71.8 Å². The minimum atomic E-state index is -3.67. The third-order valence-electron chi connectivity index (χ3n) is 8.04. The number of pyridine rings is 1. The standard InChI is InChI=1S/C28H31B3FN5O3S/c1-36-26(27(34-35-36)28(29,30)31)18-12-22-24(33-15-18)23-20(32)13-19(41(2,38)39)14-21(23)37(22)25(16-6-4-3-5-7-16)17-8-10-40-11-9-17/h3-7,12-15,17,25H,8-11,29-31H2,1-2H3/t25-/m1/s1. The van der Waals surface area contributed by atoms with Gasteiger partial charge in [0.1, 0.15) is 5.82 Å². The van der Waals surface area contributed by atoms with E-state index in [9.17, 15) is 8.42 Å². The Kier molecular flexibility index (Phi) is 6.85. The molecule has 41 heavy (non-hydrogen) atoms. The van der Waals surface area contributed by atoms with Crippen molar-refractivity contribution in [2.75, 3.05) is 19.5 Å². The summed E-state index contributed by atoms with van der Waals surface area (Å²) in [4.78, 5) is 4.76. The highest BCUT2D eigenvalue weighted by atomic mass is 32.2. The molecule has 1 aliphatic rings. The molecule has 0 spiro atoms. The molecule has 4 heterocycles. The topological polar surface area (TPSA) is 91.9 Å². The van der Waals surface area contributed by atoms with Crippen LogP contribution in [0.3, 0.4) is 0 Å². The highest BCUT2D eigenvalue weighted by Gasteiger charge is 2.32. The van der Waals surface area contributed by atoms with E-state index < -0.39 is 15.7 Å². The Morgan fingerprint density at radius 1 is 1.07 bits per heavy atom. The molecule has 0 aliphatic carbocycles. The van der Waals surface area contributed by atoms with Gasteiger partial charge in [-0.05, 0) is 42.5 Å². The summed E-state index contributed by atoms with van der Waals surface area (Å²) in [7, 11) is 4.44. The fourth-order valence-corrected chi connectivity index (χ4v) is 6.74. The molecule has 1 saturated heterocycles. The minimum Gasteiger partial charge on any atom is -0.381 e. The van der Waals surface area contributed by atoms with Crippen molar-refractivity contribution in [3.63, 3.8) is 0 Å². The van der Waals surface area contributed by atoms with Crippen LogP contribution in [0.4, 0.5) is 4.39 Å². The molecule has 208 valence electrons. The predicted octanol–water partition coefficient (Wildman–Crippen LogP) is 1.55. The molecule has 0 radical (unpaired) electrons. The van der Waals surface area contributed by atoms with Crippen LogP contribution in [0.5, 0.6) is 0 Å². The summed E-state index contributed by atoms with van der Waals surface area (Å²) in [5, 5.41) is 8.80. The van der Waals surface area contributed by atoms with Gasteiger partial charge in [0.25, 0.3) is 0 Å². The van der Waals surface area contributed by atoms with Crippen molar-refractivity contribution >= 4 is 55.3 Å². The van der Waals surface area contributed by atoms with Gasteiger partial charge in [-0.1, -0.05) is 40.7 Å². The van der Waals surface area contributed by atoms with Crippen molar-refractivity contribution in [1.82, 2.24) is 24.5 Å². The summed E-state index contributed by atoms with van der Waals surface area (Å²) in [6.45, 7) is 1.26. The summed E-state index contributed by atoms with van der Waals surface area (Å²) in [5.74, 6) is -0.426. The number of benzene rings is 2. The van der Waals surface area contributed by atoms with Gasteiger partial charge in [0.2, 0.25) is 0 Å². The number of halogens is 1. The Balaban J connectivity index is 1.73. The molecule has 13 heteroatoms. The van der Waals surface area contributed by atoms with Gasteiger partial charge in [0.15, 0.2) is 9.84 Å². The lowest BCUT2D eigenvalue weighted by Gasteiger charge is -2.33. The second-order valence-electron chi connectivity index (χ2n) is 12.0. The summed E-state index contributed by atoms with van der Waals surface area (Å²) < 4.78 is 50.8. The maximum atomic E-state index is 15.9. The van der Waals surface area contributed by atoms with Crippen LogP contribution in [-0.2, 0) is 26.7 Å². The van der Waals surface area contributed by atoms with E-state index in [1.54, 1.807) is 16.9 Å². The first-order valence-corrected chi connectivity index (χ1v) is 15.7. The molecule has 0 saturated carbocycles. The van der Waals surface area contributed by atoms with E-state index in [4.69, 9.17) is 9.72 Å². The lowest BCUT2D eigenvalue weighted by Crippen LogP contribution is -2.28. The SMILES string of the molecule is BC(B)(B)c1nnn(C)c1-c1cnc2c3c(F)cc(S(C)(=O)=O)cc3n([C@H](c3ccccc3)C3CCOCC3)c2c1. The highest BCUT2D eigenvalue weighted by molar-refractivity contribution is 7.90. The van der Waals surface area contributed by atoms with Crippen molar-refractivity contribution < 1.29 is 17.5 Å². The van der Waals surface area contributed by atoms with Crippen LogP contribution in [0.2, 0.25) is 0 Å². The molecule has 0 amide bonds. The normalized spacial score (nSPS) is 16.0. The van der Waals surface area contributed by atoms with Crippen LogP contribution in [0, 0.1) is 11.7 Å². The zero-order chi connectivity index (χ0) is 29.1. The fraction of sp³-hybridized carbons (Fsp3) is 0.321. The summed E-state index contributed by atoms with van der Waals surface area (Å²) >= 11 is 0. The third-order valence-corrected chi connectivity index (χ3v) is 9.13. The number of aromatic nitrogens is 5. The van der Waals surface area contributed by atoms with Gasteiger partial charge in [0, 0.05) is 38.3 Å². The first-order valence-electron chi connectivity index (χ1n) is 13.8. The lowest BCUT2D eigenvalue weighted by molar-refractivity contribution is 0.0552. The van der Waals surface area contributed by atoms with E-state index in [1.807, 2.05) is 31.3 Å². The number of ether oxygens (including phenoxy) is 1. The molecule has 8 nitrogen and oxygen atoms in total. The number of rotatable bonds is 6. The number of aryl methyl sites for hydroxylation is 1. The average Bonchev–Trinajstić information content (AvgIpc) is 3.48. The average molecular weight is 569 g/mol. The Morgan fingerprint density at radius 2 is 1.78 bits per heavy atom. The van der Waals surface area contributed by atoms with Gasteiger partial charge >= 0.3 is 0 Å². The van der Waals surface area contributed by atoms with Gasteiger partial charge in [-0.2, -0.15) is 0 Å². The van der Waals surface area contributed by atoms with Crippen molar-refractivity contribution in [2.45, 2.75) is 28.9 Å². The van der Waals surface area contributed by atoms with Gasteiger partial charge in [0.05, 0.1) is 67.8 Å². The minimum absolute atomic E-state index is 0.0589. The van der Waals surface area contributed by atoms with Crippen LogP contribution in [0.15, 0.2) is 59.6 Å². The highest BCUT2D eigenvalue weighted by Crippen LogP contribution is 2.42. The molecule has 2 aromatic carbocycles. The molecule has 0 N–H and O–H groups in total. The molecular weight excluding hydrogens is 538 g/mol. The maximum absolute atomic E-state index is 15.9. The number of hydrogen-bond acceptors (Lipinski definition) is 6. The monoisotopic (exact) mass is 569 g/mol. The predicted molar refractivity (Wildman–Crippen MR) is 166 cm³/mol. The van der Waals surface area contributed by atoms with Gasteiger partial charge in [-0.25, -0.2) is 17.5 Å². The van der Waals surface area contributed by atoms with E-state index in [0.717, 1.165) is 53.2 Å². The smallest absolute Gasteiger partial charge is 0.175 e. The molecule has 6 rings (SSSR count). The Labute approximate surface area is 241 Å². The third kappa shape index (κ3) is 4.89. The zero-order valence-electron chi connectivity index (χ0n) is 23.9. The van der Waals surface area contributed by atoms with Crippen LogP contribution in [0.25, 0.3) is 33.2 Å². The molecule has 0 bridgehead atoms. The fourth-order valence-electron chi connectivity index (χ4n) is 6.09. The van der Waals surface area contributed by atoms with E-state index in [-0.39, 0.29) is 22.0 Å². The molecule has 0 unspecified atom stereocenters. The van der Waals surface area contributed by atoms with Crippen molar-refractivity contribution in [1.29, 1.82) is 0 Å². The zero-order valence-corrected chi connectivity index (χ0v) is 24.7. The van der Waals surface area contributed by atoms with E-state index in [2.05, 4.69) is 50.6 Å². The largest absolute Gasteiger partial charge is 0.381 e. The van der Waals surface area contributed by atoms with Crippen LogP contribution in [0.1, 0.15) is 30.1 Å². The maximum Gasteiger partial charge on any atom is 0.175 e. The second-order valence-corrected chi connectivity index (χ2v) is 14.0. The van der Waals surface area contributed by atoms with Gasteiger partial charge in [-0.3, -0.25) is 4.98 Å². The van der Waals surface area contributed by atoms with Crippen molar-refractivity contribution in [3.8, 4) is 11.3 Å².